The molecule has 1 aromatic carbocycles. The molecule has 0 radical (unpaired) electrons. The molecule has 0 saturated carbocycles. The van der Waals surface area contributed by atoms with E-state index in [1.807, 2.05) is 0 Å². The highest BCUT2D eigenvalue weighted by Crippen LogP contribution is 2.18. The third kappa shape index (κ3) is 3.58. The summed E-state index contributed by atoms with van der Waals surface area (Å²) in [5.74, 6) is -0.912. The predicted octanol–water partition coefficient (Wildman–Crippen LogP) is 2.30. The number of hydrogen-bond donors (Lipinski definition) is 1. The van der Waals surface area contributed by atoms with Crippen LogP contribution in [-0.4, -0.2) is 28.4 Å². The Hall–Kier alpha value is -2.35. The van der Waals surface area contributed by atoms with E-state index in [0.717, 1.165) is 11.5 Å². The molecule has 20 heavy (non-hydrogen) atoms. The molecule has 0 spiro atoms. The summed E-state index contributed by atoms with van der Waals surface area (Å²) in [5.41, 5.74) is 3.31. The minimum atomic E-state index is -0.565. The van der Waals surface area contributed by atoms with Crippen LogP contribution < -0.4 is 5.43 Å². The van der Waals surface area contributed by atoms with Crippen molar-refractivity contribution in [2.75, 3.05) is 12.0 Å². The highest BCUT2D eigenvalue weighted by atomic mass is 32.1. The molecule has 2 rings (SSSR count). The fourth-order valence-electron chi connectivity index (χ4n) is 1.35. The van der Waals surface area contributed by atoms with E-state index in [9.17, 15) is 9.18 Å². The van der Waals surface area contributed by atoms with E-state index < -0.39 is 5.97 Å². The lowest BCUT2D eigenvalue weighted by molar-refractivity contribution is 0.0520. The Bertz CT molecular complexity index is 629. The molecular formula is C12H11FN4O2S. The fourth-order valence-corrected chi connectivity index (χ4v) is 1.86. The maximum absolute atomic E-state index is 13.0. The van der Waals surface area contributed by atoms with Crippen molar-refractivity contribution in [1.82, 2.24) is 9.59 Å². The number of esters is 1. The van der Waals surface area contributed by atoms with Crippen molar-refractivity contribution in [3.05, 3.63) is 41.3 Å². The number of benzene rings is 1. The highest BCUT2D eigenvalue weighted by Gasteiger charge is 2.17. The zero-order valence-corrected chi connectivity index (χ0v) is 11.4. The monoisotopic (exact) mass is 294 g/mol. The zero-order valence-electron chi connectivity index (χ0n) is 10.5. The first-order valence-electron chi connectivity index (χ1n) is 5.75. The van der Waals surface area contributed by atoms with Crippen molar-refractivity contribution >= 4 is 28.7 Å². The second kappa shape index (κ2) is 6.71. The van der Waals surface area contributed by atoms with E-state index in [4.69, 9.17) is 4.74 Å². The van der Waals surface area contributed by atoms with Gasteiger partial charge in [0.15, 0.2) is 5.00 Å². The van der Waals surface area contributed by atoms with Crippen molar-refractivity contribution in [3.8, 4) is 0 Å². The number of rotatable bonds is 5. The molecule has 0 unspecified atom stereocenters. The second-order valence-corrected chi connectivity index (χ2v) is 4.35. The number of nitrogens with one attached hydrogen (secondary N) is 1. The third-order valence-corrected chi connectivity index (χ3v) is 2.82. The van der Waals surface area contributed by atoms with E-state index in [1.54, 1.807) is 19.1 Å². The average Bonchev–Trinajstić information content (AvgIpc) is 2.87. The summed E-state index contributed by atoms with van der Waals surface area (Å²) >= 11 is 0.981. The van der Waals surface area contributed by atoms with Crippen LogP contribution in [0.25, 0.3) is 0 Å². The van der Waals surface area contributed by atoms with E-state index >= 15 is 0 Å². The van der Waals surface area contributed by atoms with Gasteiger partial charge in [0.2, 0.25) is 5.69 Å². The highest BCUT2D eigenvalue weighted by molar-refractivity contribution is 7.10. The van der Waals surface area contributed by atoms with Gasteiger partial charge in [-0.05, 0) is 24.6 Å². The second-order valence-electron chi connectivity index (χ2n) is 3.60. The van der Waals surface area contributed by atoms with Crippen LogP contribution in [0.1, 0.15) is 23.0 Å². The standard InChI is InChI=1S/C12H11FN4O2S/c1-2-19-12(18)10-11(20-17-15-10)16-14-7-8-4-3-5-9(13)6-8/h3-7,16H,2H2,1H3/b14-7-. The fraction of sp³-hybridized carbons (Fsp3) is 0.167. The normalized spacial score (nSPS) is 10.7. The predicted molar refractivity (Wildman–Crippen MR) is 73.5 cm³/mol. The number of halogens is 1. The van der Waals surface area contributed by atoms with Crippen molar-refractivity contribution in [3.63, 3.8) is 0 Å². The van der Waals surface area contributed by atoms with Crippen LogP contribution in [0.3, 0.4) is 0 Å². The molecule has 0 saturated heterocycles. The summed E-state index contributed by atoms with van der Waals surface area (Å²) in [6.07, 6.45) is 1.43. The molecule has 8 heteroatoms. The molecule has 0 aliphatic heterocycles. The zero-order chi connectivity index (χ0) is 14.4. The number of hydrazone groups is 1. The maximum atomic E-state index is 13.0. The van der Waals surface area contributed by atoms with Gasteiger partial charge in [-0.15, -0.1) is 5.10 Å². The molecule has 1 N–H and O–H groups in total. The largest absolute Gasteiger partial charge is 0.461 e. The summed E-state index contributed by atoms with van der Waals surface area (Å²) in [5, 5.41) is 7.95. The number of aromatic nitrogens is 2. The lowest BCUT2D eigenvalue weighted by atomic mass is 10.2. The molecule has 0 atom stereocenters. The van der Waals surface area contributed by atoms with Crippen LogP contribution >= 0.6 is 11.5 Å². The first-order chi connectivity index (χ1) is 9.70. The summed E-state index contributed by atoms with van der Waals surface area (Å²) in [4.78, 5) is 11.5. The quantitative estimate of drug-likeness (QED) is 0.520. The Labute approximate surface area is 118 Å². The van der Waals surface area contributed by atoms with Crippen molar-refractivity contribution in [2.45, 2.75) is 6.92 Å². The molecule has 0 aliphatic carbocycles. The van der Waals surface area contributed by atoms with E-state index in [2.05, 4.69) is 20.1 Å². The van der Waals surface area contributed by atoms with Crippen LogP contribution in [0.15, 0.2) is 29.4 Å². The van der Waals surface area contributed by atoms with Crippen LogP contribution in [0.4, 0.5) is 9.39 Å². The molecule has 2 aromatic rings. The molecule has 0 bridgehead atoms. The van der Waals surface area contributed by atoms with Gasteiger partial charge < -0.3 is 4.74 Å². The molecule has 0 aliphatic rings. The maximum Gasteiger partial charge on any atom is 0.362 e. The minimum Gasteiger partial charge on any atom is -0.461 e. The topological polar surface area (TPSA) is 76.5 Å². The third-order valence-electron chi connectivity index (χ3n) is 2.19. The molecule has 104 valence electrons. The smallest absolute Gasteiger partial charge is 0.362 e. The Morgan fingerprint density at radius 3 is 3.20 bits per heavy atom. The van der Waals surface area contributed by atoms with Crippen LogP contribution in [0, 0.1) is 5.82 Å². The minimum absolute atomic E-state index is 0.0771. The molecule has 6 nitrogen and oxygen atoms in total. The van der Waals surface area contributed by atoms with Crippen molar-refractivity contribution in [1.29, 1.82) is 0 Å². The molecule has 0 fully saturated rings. The van der Waals surface area contributed by atoms with E-state index in [1.165, 1.54) is 18.3 Å². The summed E-state index contributed by atoms with van der Waals surface area (Å²) < 4.78 is 21.5. The van der Waals surface area contributed by atoms with Crippen LogP contribution in [0.5, 0.6) is 0 Å². The Morgan fingerprint density at radius 1 is 1.60 bits per heavy atom. The van der Waals surface area contributed by atoms with Crippen LogP contribution in [-0.2, 0) is 4.74 Å². The first kappa shape index (κ1) is 14.1. The molecular weight excluding hydrogens is 283 g/mol. The van der Waals surface area contributed by atoms with Gasteiger partial charge >= 0.3 is 5.97 Å². The number of ether oxygens (including phenoxy) is 1. The number of nitrogens with zero attached hydrogens (tertiary/aromatic N) is 3. The summed E-state index contributed by atoms with van der Waals surface area (Å²) in [7, 11) is 0. The van der Waals surface area contributed by atoms with Gasteiger partial charge in [-0.3, -0.25) is 5.43 Å². The Balaban J connectivity index is 2.04. The van der Waals surface area contributed by atoms with Crippen molar-refractivity contribution < 1.29 is 13.9 Å². The van der Waals surface area contributed by atoms with Crippen LogP contribution in [0.2, 0.25) is 0 Å². The van der Waals surface area contributed by atoms with Gasteiger partial charge in [0.05, 0.1) is 12.8 Å². The average molecular weight is 294 g/mol. The van der Waals surface area contributed by atoms with Crippen molar-refractivity contribution in [2.24, 2.45) is 5.10 Å². The molecule has 1 aromatic heterocycles. The van der Waals surface area contributed by atoms with Gasteiger partial charge in [0.25, 0.3) is 0 Å². The Morgan fingerprint density at radius 2 is 2.45 bits per heavy atom. The van der Waals surface area contributed by atoms with Gasteiger partial charge in [-0.25, -0.2) is 9.18 Å². The van der Waals surface area contributed by atoms with E-state index in [0.29, 0.717) is 10.6 Å². The number of hydrogen-bond acceptors (Lipinski definition) is 7. The molecule has 0 amide bonds. The molecule has 1 heterocycles. The van der Waals surface area contributed by atoms with E-state index in [-0.39, 0.29) is 18.1 Å². The van der Waals surface area contributed by atoms with Gasteiger partial charge in [0, 0.05) is 11.5 Å². The van der Waals surface area contributed by atoms with Gasteiger partial charge in [0.1, 0.15) is 5.82 Å². The lowest BCUT2D eigenvalue weighted by Crippen LogP contribution is -2.07. The number of carbonyl (C=O) groups excluding carboxylic acids is 1. The van der Waals surface area contributed by atoms with Gasteiger partial charge in [-0.1, -0.05) is 16.6 Å². The first-order valence-corrected chi connectivity index (χ1v) is 6.52. The van der Waals surface area contributed by atoms with Gasteiger partial charge in [-0.2, -0.15) is 5.10 Å². The SMILES string of the molecule is CCOC(=O)c1nnsc1N/N=C\c1cccc(F)c1. The Kier molecular flexibility index (Phi) is 4.72. The lowest BCUT2D eigenvalue weighted by Gasteiger charge is -2.00. The summed E-state index contributed by atoms with van der Waals surface area (Å²) in [6.45, 7) is 1.95. The number of anilines is 1. The summed E-state index contributed by atoms with van der Waals surface area (Å²) in [6, 6.07) is 5.96. The number of carbonyl (C=O) groups is 1.